The van der Waals surface area contributed by atoms with Crippen LogP contribution in [0.4, 0.5) is 0 Å². The highest BCUT2D eigenvalue weighted by molar-refractivity contribution is 9.10. The molecule has 2 rings (SSSR count). The average molecular weight is 271 g/mol. The molecule has 0 saturated carbocycles. The maximum Gasteiger partial charge on any atom is 0.269 e. The summed E-state index contributed by atoms with van der Waals surface area (Å²) in [5.41, 5.74) is 0.207. The number of H-pyrrole nitrogens is 1. The Labute approximate surface area is 92.7 Å². The van der Waals surface area contributed by atoms with Crippen molar-refractivity contribution in [3.8, 4) is 17.3 Å². The molecule has 0 spiro atoms. The molecule has 2 N–H and O–H groups in total. The molecule has 2 heterocycles. The number of rotatable bonds is 1. The molecule has 0 atom stereocenters. The molecule has 0 bridgehead atoms. The van der Waals surface area contributed by atoms with E-state index in [2.05, 4.69) is 31.0 Å². The second kappa shape index (κ2) is 3.50. The molecule has 0 saturated heterocycles. The molecule has 0 aliphatic rings. The van der Waals surface area contributed by atoms with E-state index < -0.39 is 5.56 Å². The maximum atomic E-state index is 11.3. The number of nitrogens with one attached hydrogen (secondary N) is 1. The highest BCUT2D eigenvalue weighted by Gasteiger charge is 2.09. The van der Waals surface area contributed by atoms with Crippen LogP contribution >= 0.6 is 15.9 Å². The van der Waals surface area contributed by atoms with Crippen LogP contribution in [0.2, 0.25) is 0 Å². The van der Waals surface area contributed by atoms with E-state index in [4.69, 9.17) is 0 Å². The van der Waals surface area contributed by atoms with Crippen LogP contribution in [0.25, 0.3) is 11.4 Å². The van der Waals surface area contributed by atoms with Crippen LogP contribution in [0.1, 0.15) is 0 Å². The molecule has 78 valence electrons. The highest BCUT2D eigenvalue weighted by Crippen LogP contribution is 2.19. The Morgan fingerprint density at radius 3 is 2.87 bits per heavy atom. The van der Waals surface area contributed by atoms with Crippen LogP contribution in [0.5, 0.6) is 5.88 Å². The summed E-state index contributed by atoms with van der Waals surface area (Å²) in [6.07, 6.45) is 3.23. The number of aromatic nitrogens is 4. The minimum absolute atomic E-state index is 0.0233. The quantitative estimate of drug-likeness (QED) is 0.797. The molecule has 0 unspecified atom stereocenters. The Morgan fingerprint density at radius 2 is 2.33 bits per heavy atom. The summed E-state index contributed by atoms with van der Waals surface area (Å²) in [6.45, 7) is 0. The molecule has 6 nitrogen and oxygen atoms in total. The minimum atomic E-state index is -0.429. The van der Waals surface area contributed by atoms with Crippen LogP contribution < -0.4 is 5.56 Å². The fourth-order valence-corrected chi connectivity index (χ4v) is 1.31. The van der Waals surface area contributed by atoms with Gasteiger partial charge in [0, 0.05) is 13.2 Å². The predicted octanol–water partition coefficient (Wildman–Crippen LogP) is 0.638. The highest BCUT2D eigenvalue weighted by atomic mass is 79.9. The average Bonchev–Trinajstić information content (AvgIpc) is 2.60. The summed E-state index contributed by atoms with van der Waals surface area (Å²) >= 11 is 2.91. The van der Waals surface area contributed by atoms with Crippen LogP contribution in [0, 0.1) is 0 Å². The van der Waals surface area contributed by atoms with Gasteiger partial charge in [0.05, 0.1) is 11.8 Å². The Hall–Kier alpha value is -1.63. The first-order chi connectivity index (χ1) is 7.08. The number of hydrogen-bond donors (Lipinski definition) is 2. The van der Waals surface area contributed by atoms with E-state index in [0.29, 0.717) is 5.56 Å². The zero-order chi connectivity index (χ0) is 11.0. The lowest BCUT2D eigenvalue weighted by Crippen LogP contribution is -2.09. The lowest BCUT2D eigenvalue weighted by atomic mass is 10.3. The van der Waals surface area contributed by atoms with Crippen molar-refractivity contribution >= 4 is 15.9 Å². The van der Waals surface area contributed by atoms with Gasteiger partial charge in [-0.1, -0.05) is 0 Å². The molecule has 15 heavy (non-hydrogen) atoms. The summed E-state index contributed by atoms with van der Waals surface area (Å²) in [6, 6.07) is 0. The Balaban J connectivity index is 2.60. The lowest BCUT2D eigenvalue weighted by Gasteiger charge is -1.98. The van der Waals surface area contributed by atoms with Crippen LogP contribution in [0.3, 0.4) is 0 Å². The summed E-state index contributed by atoms with van der Waals surface area (Å²) in [5, 5.41) is 13.3. The molecular weight excluding hydrogens is 264 g/mol. The second-order valence-corrected chi connectivity index (χ2v) is 3.75. The van der Waals surface area contributed by atoms with Gasteiger partial charge >= 0.3 is 0 Å². The van der Waals surface area contributed by atoms with E-state index in [1.165, 1.54) is 0 Å². The molecule has 0 aromatic carbocycles. The first-order valence-corrected chi connectivity index (χ1v) is 4.85. The van der Waals surface area contributed by atoms with Crippen molar-refractivity contribution < 1.29 is 5.11 Å². The number of aromatic hydroxyl groups is 1. The molecule has 2 aromatic rings. The van der Waals surface area contributed by atoms with Gasteiger partial charge in [-0.05, 0) is 15.9 Å². The molecule has 7 heteroatoms. The van der Waals surface area contributed by atoms with Crippen molar-refractivity contribution in [2.75, 3.05) is 0 Å². The van der Waals surface area contributed by atoms with E-state index in [1.807, 2.05) is 0 Å². The zero-order valence-electron chi connectivity index (χ0n) is 7.73. The smallest absolute Gasteiger partial charge is 0.269 e. The predicted molar refractivity (Wildman–Crippen MR) is 56.4 cm³/mol. The number of nitrogens with zero attached hydrogens (tertiary/aromatic N) is 3. The van der Waals surface area contributed by atoms with Gasteiger partial charge in [-0.25, -0.2) is 0 Å². The van der Waals surface area contributed by atoms with Gasteiger partial charge in [0.15, 0.2) is 0 Å². The Bertz CT molecular complexity index is 560. The largest absolute Gasteiger partial charge is 0.492 e. The Morgan fingerprint density at radius 1 is 1.60 bits per heavy atom. The maximum absolute atomic E-state index is 11.3. The van der Waals surface area contributed by atoms with Gasteiger partial charge in [0.2, 0.25) is 5.88 Å². The standard InChI is InChI=1S/C8H7BrN4O2/c1-13-3-4(2-10-13)6-11-7(14)5(9)8(15)12-6/h2-3H,1H3,(H2,11,12,14,15). The summed E-state index contributed by atoms with van der Waals surface area (Å²) in [7, 11) is 1.75. The van der Waals surface area contributed by atoms with E-state index in [9.17, 15) is 9.90 Å². The third kappa shape index (κ3) is 1.78. The molecule has 0 radical (unpaired) electrons. The monoisotopic (exact) mass is 270 g/mol. The molecule has 0 amide bonds. The molecule has 0 aliphatic carbocycles. The second-order valence-electron chi connectivity index (χ2n) is 2.95. The zero-order valence-corrected chi connectivity index (χ0v) is 9.32. The fourth-order valence-electron chi connectivity index (χ4n) is 1.13. The summed E-state index contributed by atoms with van der Waals surface area (Å²) in [5.74, 6) is -0.0496. The molecule has 2 aromatic heterocycles. The number of halogens is 1. The van der Waals surface area contributed by atoms with Crippen molar-refractivity contribution in [2.45, 2.75) is 0 Å². The number of aromatic amines is 1. The van der Waals surface area contributed by atoms with Crippen LogP contribution in [-0.4, -0.2) is 24.9 Å². The van der Waals surface area contributed by atoms with Crippen molar-refractivity contribution in [3.63, 3.8) is 0 Å². The third-order valence-electron chi connectivity index (χ3n) is 1.82. The van der Waals surface area contributed by atoms with Gasteiger partial charge in [-0.15, -0.1) is 0 Å². The van der Waals surface area contributed by atoms with E-state index in [1.54, 1.807) is 24.1 Å². The molecular formula is C8H7BrN4O2. The first-order valence-electron chi connectivity index (χ1n) is 4.05. The van der Waals surface area contributed by atoms with Gasteiger partial charge in [0.25, 0.3) is 5.56 Å². The van der Waals surface area contributed by atoms with E-state index in [0.717, 1.165) is 0 Å². The molecule has 0 aliphatic heterocycles. The Kier molecular flexibility index (Phi) is 2.31. The SMILES string of the molecule is Cn1cc(-c2nc(O)c(Br)c(=O)[nH]2)cn1. The summed E-state index contributed by atoms with van der Waals surface area (Å²) < 4.78 is 1.60. The van der Waals surface area contributed by atoms with Crippen molar-refractivity contribution in [3.05, 3.63) is 27.2 Å². The van der Waals surface area contributed by atoms with E-state index >= 15 is 0 Å². The summed E-state index contributed by atoms with van der Waals surface area (Å²) in [4.78, 5) is 17.6. The topological polar surface area (TPSA) is 83.8 Å². The number of hydrogen-bond acceptors (Lipinski definition) is 4. The van der Waals surface area contributed by atoms with Crippen molar-refractivity contribution in [1.82, 2.24) is 19.7 Å². The lowest BCUT2D eigenvalue weighted by molar-refractivity contribution is 0.448. The van der Waals surface area contributed by atoms with Gasteiger partial charge < -0.3 is 10.1 Å². The van der Waals surface area contributed by atoms with Crippen LogP contribution in [0.15, 0.2) is 21.7 Å². The fraction of sp³-hybridized carbons (Fsp3) is 0.125. The minimum Gasteiger partial charge on any atom is -0.492 e. The van der Waals surface area contributed by atoms with Gasteiger partial charge in [-0.3, -0.25) is 9.48 Å². The normalized spacial score (nSPS) is 10.5. The van der Waals surface area contributed by atoms with Gasteiger partial charge in [-0.2, -0.15) is 10.1 Å². The first kappa shape index (κ1) is 9.91. The number of aryl methyl sites for hydroxylation is 1. The van der Waals surface area contributed by atoms with Crippen molar-refractivity contribution in [2.24, 2.45) is 7.05 Å². The van der Waals surface area contributed by atoms with Gasteiger partial charge in [0.1, 0.15) is 10.3 Å². The third-order valence-corrected chi connectivity index (χ3v) is 2.54. The van der Waals surface area contributed by atoms with Crippen molar-refractivity contribution in [1.29, 1.82) is 0 Å². The van der Waals surface area contributed by atoms with E-state index in [-0.39, 0.29) is 16.2 Å². The molecule has 0 fully saturated rings. The van der Waals surface area contributed by atoms with Crippen LogP contribution in [-0.2, 0) is 7.05 Å².